The molecule has 0 fully saturated rings. The monoisotopic (exact) mass is 266 g/mol. The SMILES string of the molecule is Cc1csc(COC(=O)c2ccc(F)cc2N)n1. The van der Waals surface area contributed by atoms with Gasteiger partial charge in [0.15, 0.2) is 0 Å². The first-order valence-corrected chi connectivity index (χ1v) is 6.07. The molecule has 6 heteroatoms. The Kier molecular flexibility index (Phi) is 3.57. The van der Waals surface area contributed by atoms with Crippen molar-refractivity contribution in [2.75, 3.05) is 5.73 Å². The topological polar surface area (TPSA) is 65.2 Å². The highest BCUT2D eigenvalue weighted by Crippen LogP contribution is 2.16. The van der Waals surface area contributed by atoms with Gasteiger partial charge in [-0.15, -0.1) is 11.3 Å². The van der Waals surface area contributed by atoms with Gasteiger partial charge in [0, 0.05) is 16.8 Å². The van der Waals surface area contributed by atoms with Crippen molar-refractivity contribution >= 4 is 23.0 Å². The van der Waals surface area contributed by atoms with Crippen LogP contribution in [0.3, 0.4) is 0 Å². The number of ether oxygens (including phenoxy) is 1. The summed E-state index contributed by atoms with van der Waals surface area (Å²) >= 11 is 1.41. The minimum absolute atomic E-state index is 0.0651. The van der Waals surface area contributed by atoms with Crippen molar-refractivity contribution in [3.8, 4) is 0 Å². The maximum atomic E-state index is 12.8. The van der Waals surface area contributed by atoms with Crippen LogP contribution in [-0.4, -0.2) is 11.0 Å². The van der Waals surface area contributed by atoms with E-state index >= 15 is 0 Å². The van der Waals surface area contributed by atoms with Crippen molar-refractivity contribution in [1.82, 2.24) is 4.98 Å². The normalized spacial score (nSPS) is 10.3. The standard InChI is InChI=1S/C12H11FN2O2S/c1-7-6-18-11(15-7)5-17-12(16)9-3-2-8(13)4-10(9)14/h2-4,6H,5,14H2,1H3. The highest BCUT2D eigenvalue weighted by molar-refractivity contribution is 7.09. The molecular weight excluding hydrogens is 255 g/mol. The zero-order valence-corrected chi connectivity index (χ0v) is 10.5. The van der Waals surface area contributed by atoms with E-state index in [0.717, 1.165) is 11.8 Å². The number of carbonyl (C=O) groups excluding carboxylic acids is 1. The summed E-state index contributed by atoms with van der Waals surface area (Å²) in [6, 6.07) is 3.56. The summed E-state index contributed by atoms with van der Waals surface area (Å²) in [4.78, 5) is 15.9. The number of thiazole rings is 1. The number of benzene rings is 1. The molecule has 4 nitrogen and oxygen atoms in total. The van der Waals surface area contributed by atoms with Crippen LogP contribution in [-0.2, 0) is 11.3 Å². The van der Waals surface area contributed by atoms with Gasteiger partial charge in [0.1, 0.15) is 17.4 Å². The highest BCUT2D eigenvalue weighted by atomic mass is 32.1. The molecule has 0 atom stereocenters. The molecule has 2 aromatic rings. The van der Waals surface area contributed by atoms with Gasteiger partial charge in [-0.25, -0.2) is 14.2 Å². The molecule has 0 bridgehead atoms. The van der Waals surface area contributed by atoms with Gasteiger partial charge in [0.25, 0.3) is 0 Å². The number of aromatic nitrogens is 1. The number of carbonyl (C=O) groups is 1. The smallest absolute Gasteiger partial charge is 0.340 e. The molecule has 2 rings (SSSR count). The Morgan fingerprint density at radius 3 is 2.94 bits per heavy atom. The molecule has 0 saturated heterocycles. The number of hydrogen-bond acceptors (Lipinski definition) is 5. The fourth-order valence-corrected chi connectivity index (χ4v) is 2.08. The number of esters is 1. The lowest BCUT2D eigenvalue weighted by molar-refractivity contribution is 0.0473. The fourth-order valence-electron chi connectivity index (χ4n) is 1.39. The number of nitrogens with zero attached hydrogens (tertiary/aromatic N) is 1. The zero-order chi connectivity index (χ0) is 13.1. The van der Waals surface area contributed by atoms with E-state index in [2.05, 4.69) is 4.98 Å². The van der Waals surface area contributed by atoms with Gasteiger partial charge in [-0.05, 0) is 25.1 Å². The number of nitrogen functional groups attached to an aromatic ring is 1. The molecule has 1 heterocycles. The van der Waals surface area contributed by atoms with Crippen LogP contribution in [0.25, 0.3) is 0 Å². The molecule has 2 N–H and O–H groups in total. The van der Waals surface area contributed by atoms with E-state index in [4.69, 9.17) is 10.5 Å². The molecule has 1 aromatic heterocycles. The minimum atomic E-state index is -0.583. The maximum Gasteiger partial charge on any atom is 0.340 e. The Hall–Kier alpha value is -1.95. The Balaban J connectivity index is 2.03. The van der Waals surface area contributed by atoms with Crippen LogP contribution in [0.1, 0.15) is 21.1 Å². The van der Waals surface area contributed by atoms with Gasteiger partial charge in [-0.2, -0.15) is 0 Å². The average Bonchev–Trinajstić information content (AvgIpc) is 2.72. The number of nitrogens with two attached hydrogens (primary N) is 1. The summed E-state index contributed by atoms with van der Waals surface area (Å²) in [6.07, 6.45) is 0. The van der Waals surface area contributed by atoms with E-state index in [-0.39, 0.29) is 17.9 Å². The lowest BCUT2D eigenvalue weighted by Crippen LogP contribution is -2.08. The van der Waals surface area contributed by atoms with Gasteiger partial charge >= 0.3 is 5.97 Å². The van der Waals surface area contributed by atoms with Gasteiger partial charge in [-0.1, -0.05) is 0 Å². The van der Waals surface area contributed by atoms with Crippen LogP contribution in [0.5, 0.6) is 0 Å². The van der Waals surface area contributed by atoms with Gasteiger partial charge in [0.2, 0.25) is 0 Å². The van der Waals surface area contributed by atoms with E-state index in [9.17, 15) is 9.18 Å². The van der Waals surface area contributed by atoms with Crippen molar-refractivity contribution < 1.29 is 13.9 Å². The second kappa shape index (κ2) is 5.14. The summed E-state index contributed by atoms with van der Waals surface area (Å²) in [6.45, 7) is 1.95. The molecule has 0 aliphatic heterocycles. The van der Waals surface area contributed by atoms with Crippen LogP contribution < -0.4 is 5.73 Å². The first-order valence-electron chi connectivity index (χ1n) is 5.19. The molecule has 0 amide bonds. The van der Waals surface area contributed by atoms with Crippen molar-refractivity contribution in [2.45, 2.75) is 13.5 Å². The van der Waals surface area contributed by atoms with Crippen molar-refractivity contribution in [3.63, 3.8) is 0 Å². The molecule has 0 aliphatic carbocycles. The lowest BCUT2D eigenvalue weighted by atomic mass is 10.2. The van der Waals surface area contributed by atoms with Crippen LogP contribution in [0.4, 0.5) is 10.1 Å². The molecule has 18 heavy (non-hydrogen) atoms. The van der Waals surface area contributed by atoms with Gasteiger partial charge in [0.05, 0.1) is 5.56 Å². The van der Waals surface area contributed by atoms with Crippen LogP contribution >= 0.6 is 11.3 Å². The Bertz CT molecular complexity index is 583. The van der Waals surface area contributed by atoms with Gasteiger partial charge < -0.3 is 10.5 Å². The van der Waals surface area contributed by atoms with Crippen molar-refractivity contribution in [2.24, 2.45) is 0 Å². The van der Waals surface area contributed by atoms with E-state index in [1.165, 1.54) is 23.5 Å². The number of aryl methyl sites for hydroxylation is 1. The Labute approximate surface area is 107 Å². The maximum absolute atomic E-state index is 12.8. The van der Waals surface area contributed by atoms with E-state index in [1.54, 1.807) is 0 Å². The third-order valence-corrected chi connectivity index (χ3v) is 3.17. The first-order chi connectivity index (χ1) is 8.56. The summed E-state index contributed by atoms with van der Waals surface area (Å²) < 4.78 is 17.9. The summed E-state index contributed by atoms with van der Waals surface area (Å²) in [5.41, 5.74) is 6.65. The molecule has 1 aromatic carbocycles. The molecule has 0 spiro atoms. The molecule has 0 radical (unpaired) electrons. The zero-order valence-electron chi connectivity index (χ0n) is 9.64. The third kappa shape index (κ3) is 2.84. The predicted octanol–water partition coefficient (Wildman–Crippen LogP) is 2.53. The van der Waals surface area contributed by atoms with E-state index in [1.807, 2.05) is 12.3 Å². The Morgan fingerprint density at radius 2 is 2.33 bits per heavy atom. The third-order valence-electron chi connectivity index (χ3n) is 2.23. The molecule has 0 unspecified atom stereocenters. The van der Waals surface area contributed by atoms with Gasteiger partial charge in [-0.3, -0.25) is 0 Å². The number of rotatable bonds is 3. The van der Waals surface area contributed by atoms with Crippen LogP contribution in [0.15, 0.2) is 23.6 Å². The lowest BCUT2D eigenvalue weighted by Gasteiger charge is -2.05. The summed E-state index contributed by atoms with van der Waals surface area (Å²) in [5, 5.41) is 2.58. The average molecular weight is 266 g/mol. The van der Waals surface area contributed by atoms with E-state index in [0.29, 0.717) is 5.01 Å². The summed E-state index contributed by atoms with van der Waals surface area (Å²) in [7, 11) is 0. The quantitative estimate of drug-likeness (QED) is 0.685. The largest absolute Gasteiger partial charge is 0.455 e. The van der Waals surface area contributed by atoms with Crippen molar-refractivity contribution in [1.29, 1.82) is 0 Å². The van der Waals surface area contributed by atoms with Crippen LogP contribution in [0.2, 0.25) is 0 Å². The number of halogens is 1. The summed E-state index contributed by atoms with van der Waals surface area (Å²) in [5.74, 6) is -1.07. The van der Waals surface area contributed by atoms with E-state index < -0.39 is 11.8 Å². The second-order valence-electron chi connectivity index (χ2n) is 3.69. The first kappa shape index (κ1) is 12.5. The highest BCUT2D eigenvalue weighted by Gasteiger charge is 2.12. The fraction of sp³-hybridized carbons (Fsp3) is 0.167. The molecule has 94 valence electrons. The number of anilines is 1. The molecule has 0 saturated carbocycles. The molecular formula is C12H11FN2O2S. The minimum Gasteiger partial charge on any atom is -0.455 e. The predicted molar refractivity (Wildman–Crippen MR) is 66.8 cm³/mol. The van der Waals surface area contributed by atoms with Crippen molar-refractivity contribution in [3.05, 3.63) is 45.7 Å². The van der Waals surface area contributed by atoms with Crippen LogP contribution in [0, 0.1) is 12.7 Å². The second-order valence-corrected chi connectivity index (χ2v) is 4.63. The Morgan fingerprint density at radius 1 is 1.56 bits per heavy atom. The number of hydrogen-bond donors (Lipinski definition) is 1. The molecule has 0 aliphatic rings.